The molecule has 6 heteroatoms. The molecule has 0 aliphatic heterocycles. The summed E-state index contributed by atoms with van der Waals surface area (Å²) in [6, 6.07) is 3.77. The summed E-state index contributed by atoms with van der Waals surface area (Å²) in [6.45, 7) is 1.72. The number of alkyl halides is 3. The number of nitrogens with two attached hydrogens (primary N) is 1. The minimum Gasteiger partial charge on any atom is -0.489 e. The maximum atomic E-state index is 12.8. The van der Waals surface area contributed by atoms with E-state index < -0.39 is 11.7 Å². The van der Waals surface area contributed by atoms with Crippen LogP contribution in [0, 0.1) is 0 Å². The monoisotopic (exact) mass is 279 g/mol. The highest BCUT2D eigenvalue weighted by Crippen LogP contribution is 2.36. The highest BCUT2D eigenvalue weighted by atomic mass is 35.5. The van der Waals surface area contributed by atoms with Crippen molar-refractivity contribution in [1.82, 2.24) is 0 Å². The van der Waals surface area contributed by atoms with Crippen LogP contribution in [0.3, 0.4) is 0 Å². The third-order valence-electron chi connectivity index (χ3n) is 2.23. The highest BCUT2D eigenvalue weighted by molar-refractivity contribution is 6.25. The van der Waals surface area contributed by atoms with Crippen LogP contribution < -0.4 is 10.5 Å². The summed E-state index contributed by atoms with van der Waals surface area (Å²) >= 11 is 5.41. The topological polar surface area (TPSA) is 35.2 Å². The molecule has 0 heterocycles. The molecular weight excluding hydrogens is 267 g/mol. The minimum absolute atomic E-state index is 0.00848. The second-order valence-electron chi connectivity index (χ2n) is 3.78. The molecule has 0 aliphatic carbocycles. The first-order valence-corrected chi connectivity index (χ1v) is 5.61. The zero-order chi connectivity index (χ0) is 13.8. The van der Waals surface area contributed by atoms with E-state index in [0.29, 0.717) is 11.1 Å². The van der Waals surface area contributed by atoms with Gasteiger partial charge in [0.15, 0.2) is 0 Å². The van der Waals surface area contributed by atoms with Gasteiger partial charge in [-0.1, -0.05) is 17.7 Å². The first-order chi connectivity index (χ1) is 8.38. The fourth-order valence-electron chi connectivity index (χ4n) is 1.27. The van der Waals surface area contributed by atoms with Crippen molar-refractivity contribution in [1.29, 1.82) is 0 Å². The van der Waals surface area contributed by atoms with Crippen LogP contribution in [-0.2, 0) is 12.7 Å². The predicted octanol–water partition coefficient (Wildman–Crippen LogP) is 3.69. The van der Waals surface area contributed by atoms with Gasteiger partial charge in [0, 0.05) is 12.1 Å². The van der Waals surface area contributed by atoms with Gasteiger partial charge in [-0.15, -0.1) is 0 Å². The molecule has 0 aliphatic rings. The van der Waals surface area contributed by atoms with Gasteiger partial charge in [-0.2, -0.15) is 13.2 Å². The number of ether oxygens (including phenoxy) is 1. The van der Waals surface area contributed by atoms with Gasteiger partial charge in [0.05, 0.1) is 5.56 Å². The maximum Gasteiger partial charge on any atom is 0.419 e. The van der Waals surface area contributed by atoms with E-state index in [1.165, 1.54) is 17.7 Å². The molecule has 0 atom stereocenters. The van der Waals surface area contributed by atoms with Crippen LogP contribution in [0.25, 0.3) is 0 Å². The van der Waals surface area contributed by atoms with Crippen molar-refractivity contribution < 1.29 is 17.9 Å². The van der Waals surface area contributed by atoms with Crippen molar-refractivity contribution in [3.8, 4) is 5.75 Å². The molecule has 0 unspecified atom stereocenters. The Labute approximate surface area is 108 Å². The molecule has 0 saturated heterocycles. The summed E-state index contributed by atoms with van der Waals surface area (Å²) in [6.07, 6.45) is -4.47. The second kappa shape index (κ2) is 6.11. The molecule has 2 N–H and O–H groups in total. The third-order valence-corrected chi connectivity index (χ3v) is 2.60. The van der Waals surface area contributed by atoms with Crippen molar-refractivity contribution in [3.05, 3.63) is 40.4 Å². The number of hydrogen-bond acceptors (Lipinski definition) is 2. The molecule has 0 fully saturated rings. The molecule has 1 rings (SSSR count). The molecule has 0 spiro atoms. The zero-order valence-corrected chi connectivity index (χ0v) is 10.5. The normalized spacial score (nSPS) is 12.7. The lowest BCUT2D eigenvalue weighted by molar-refractivity contribution is -0.138. The van der Waals surface area contributed by atoms with E-state index in [2.05, 4.69) is 0 Å². The van der Waals surface area contributed by atoms with Crippen LogP contribution in [0.5, 0.6) is 5.75 Å². The average molecular weight is 280 g/mol. The largest absolute Gasteiger partial charge is 0.489 e. The van der Waals surface area contributed by atoms with Gasteiger partial charge in [-0.05, 0) is 30.2 Å². The van der Waals surface area contributed by atoms with Crippen LogP contribution >= 0.6 is 11.6 Å². The van der Waals surface area contributed by atoms with E-state index in [9.17, 15) is 13.2 Å². The summed E-state index contributed by atoms with van der Waals surface area (Å²) in [5.74, 6) is -0.224. The standard InChI is InChI=1S/C12H13ClF3NO/c1-8(5-13)7-18-11-3-2-9(6-17)4-10(11)12(14,15)16/h2-5H,6-7,17H2,1H3/b8-5-. The Balaban J connectivity index is 3.03. The lowest BCUT2D eigenvalue weighted by Gasteiger charge is -2.15. The molecular formula is C12H13ClF3NO. The van der Waals surface area contributed by atoms with Crippen LogP contribution in [0.15, 0.2) is 29.3 Å². The quantitative estimate of drug-likeness (QED) is 0.912. The molecule has 0 radical (unpaired) electrons. The van der Waals surface area contributed by atoms with Crippen LogP contribution in [-0.4, -0.2) is 6.61 Å². The highest BCUT2D eigenvalue weighted by Gasteiger charge is 2.34. The van der Waals surface area contributed by atoms with Gasteiger partial charge >= 0.3 is 6.18 Å². The van der Waals surface area contributed by atoms with Gasteiger partial charge < -0.3 is 10.5 Å². The van der Waals surface area contributed by atoms with Crippen molar-refractivity contribution in [2.45, 2.75) is 19.6 Å². The lowest BCUT2D eigenvalue weighted by atomic mass is 10.1. The van der Waals surface area contributed by atoms with Gasteiger partial charge in [-0.25, -0.2) is 0 Å². The fraction of sp³-hybridized carbons (Fsp3) is 0.333. The Morgan fingerprint density at radius 1 is 1.44 bits per heavy atom. The Morgan fingerprint density at radius 3 is 2.61 bits per heavy atom. The Morgan fingerprint density at radius 2 is 2.11 bits per heavy atom. The molecule has 0 bridgehead atoms. The third kappa shape index (κ3) is 3.92. The average Bonchev–Trinajstić information content (AvgIpc) is 2.34. The van der Waals surface area contributed by atoms with Crippen LogP contribution in [0.1, 0.15) is 18.1 Å². The van der Waals surface area contributed by atoms with E-state index in [1.807, 2.05) is 0 Å². The van der Waals surface area contributed by atoms with E-state index in [1.54, 1.807) is 6.92 Å². The first kappa shape index (κ1) is 14.9. The van der Waals surface area contributed by atoms with Crippen LogP contribution in [0.2, 0.25) is 0 Å². The Bertz CT molecular complexity index is 443. The van der Waals surface area contributed by atoms with Gasteiger partial charge in [0.2, 0.25) is 0 Å². The molecule has 100 valence electrons. The van der Waals surface area contributed by atoms with Crippen molar-refractivity contribution in [3.63, 3.8) is 0 Å². The summed E-state index contributed by atoms with van der Waals surface area (Å²) in [7, 11) is 0. The molecule has 0 amide bonds. The maximum absolute atomic E-state index is 12.8. The summed E-state index contributed by atoms with van der Waals surface area (Å²) in [4.78, 5) is 0. The van der Waals surface area contributed by atoms with Gasteiger partial charge in [0.25, 0.3) is 0 Å². The van der Waals surface area contributed by atoms with E-state index in [0.717, 1.165) is 6.07 Å². The second-order valence-corrected chi connectivity index (χ2v) is 3.99. The van der Waals surface area contributed by atoms with Gasteiger partial charge in [-0.3, -0.25) is 0 Å². The molecule has 18 heavy (non-hydrogen) atoms. The number of hydrogen-bond donors (Lipinski definition) is 1. The molecule has 1 aromatic carbocycles. The molecule has 2 nitrogen and oxygen atoms in total. The summed E-state index contributed by atoms with van der Waals surface area (Å²) in [5, 5.41) is 0. The Hall–Kier alpha value is -1.20. The smallest absolute Gasteiger partial charge is 0.419 e. The van der Waals surface area contributed by atoms with Crippen molar-refractivity contribution in [2.75, 3.05) is 6.61 Å². The summed E-state index contributed by atoms with van der Waals surface area (Å²) in [5.41, 5.74) is 6.79. The van der Waals surface area contributed by atoms with E-state index in [-0.39, 0.29) is 18.9 Å². The minimum atomic E-state index is -4.47. The SMILES string of the molecule is C/C(=C/Cl)COc1ccc(CN)cc1C(F)(F)F. The van der Waals surface area contributed by atoms with E-state index in [4.69, 9.17) is 22.1 Å². The first-order valence-electron chi connectivity index (χ1n) is 5.17. The van der Waals surface area contributed by atoms with Crippen LogP contribution in [0.4, 0.5) is 13.2 Å². The van der Waals surface area contributed by atoms with Gasteiger partial charge in [0.1, 0.15) is 12.4 Å². The number of benzene rings is 1. The molecule has 0 saturated carbocycles. The number of halogens is 4. The zero-order valence-electron chi connectivity index (χ0n) is 9.72. The summed E-state index contributed by atoms with van der Waals surface area (Å²) < 4.78 is 43.5. The molecule has 0 aromatic heterocycles. The number of rotatable bonds is 4. The molecule has 1 aromatic rings. The van der Waals surface area contributed by atoms with Crippen molar-refractivity contribution in [2.24, 2.45) is 5.73 Å². The van der Waals surface area contributed by atoms with E-state index >= 15 is 0 Å². The fourth-order valence-corrected chi connectivity index (χ4v) is 1.34. The lowest BCUT2D eigenvalue weighted by Crippen LogP contribution is -2.11. The Kier molecular flexibility index (Phi) is 5.04. The predicted molar refractivity (Wildman–Crippen MR) is 64.4 cm³/mol. The van der Waals surface area contributed by atoms with Crippen molar-refractivity contribution >= 4 is 11.6 Å².